The van der Waals surface area contributed by atoms with Gasteiger partial charge in [0.05, 0.1) is 17.4 Å². The van der Waals surface area contributed by atoms with Crippen molar-refractivity contribution in [3.05, 3.63) is 120 Å². The lowest BCUT2D eigenvalue weighted by molar-refractivity contribution is 0.102. The minimum absolute atomic E-state index is 0.106. The molecule has 0 aliphatic rings. The van der Waals surface area contributed by atoms with Gasteiger partial charge >= 0.3 is 0 Å². The van der Waals surface area contributed by atoms with E-state index in [0.29, 0.717) is 11.3 Å². The van der Waals surface area contributed by atoms with Gasteiger partial charge in [0.25, 0.3) is 5.91 Å². The first kappa shape index (κ1) is 21.2. The van der Waals surface area contributed by atoms with E-state index in [0.717, 1.165) is 22.2 Å². The highest BCUT2D eigenvalue weighted by atomic mass is 19.1. The van der Waals surface area contributed by atoms with Crippen LogP contribution in [0.1, 0.15) is 15.9 Å². The van der Waals surface area contributed by atoms with Crippen LogP contribution in [0.15, 0.2) is 103 Å². The second-order valence-electron chi connectivity index (χ2n) is 7.69. The van der Waals surface area contributed by atoms with Crippen molar-refractivity contribution in [2.45, 2.75) is 0 Å². The summed E-state index contributed by atoms with van der Waals surface area (Å²) in [5, 5.41) is 11.5. The molecule has 5 rings (SSSR count). The van der Waals surface area contributed by atoms with Crippen molar-refractivity contribution in [3.63, 3.8) is 0 Å². The van der Waals surface area contributed by atoms with E-state index < -0.39 is 5.82 Å². The summed E-state index contributed by atoms with van der Waals surface area (Å²) in [5.41, 5.74) is 4.00. The minimum Gasteiger partial charge on any atom is -0.355 e. The Morgan fingerprint density at radius 2 is 1.62 bits per heavy atom. The molecule has 1 amide bonds. The highest BCUT2D eigenvalue weighted by molar-refractivity contribution is 6.04. The lowest BCUT2D eigenvalue weighted by Gasteiger charge is -2.12. The summed E-state index contributed by atoms with van der Waals surface area (Å²) in [7, 11) is 0. The van der Waals surface area contributed by atoms with Crippen LogP contribution in [-0.4, -0.2) is 15.7 Å². The van der Waals surface area contributed by atoms with Gasteiger partial charge in [0.2, 0.25) is 0 Å². The summed E-state index contributed by atoms with van der Waals surface area (Å²) in [4.78, 5) is 12.5. The molecule has 1 heterocycles. The number of aromatic nitrogens is 2. The molecule has 34 heavy (non-hydrogen) atoms. The number of carbonyl (C=O) groups is 1. The molecule has 0 aliphatic heterocycles. The molecule has 0 saturated heterocycles. The largest absolute Gasteiger partial charge is 0.355 e. The van der Waals surface area contributed by atoms with E-state index in [4.69, 9.17) is 0 Å². The van der Waals surface area contributed by atoms with Crippen molar-refractivity contribution in [1.29, 1.82) is 0 Å². The van der Waals surface area contributed by atoms with Crippen LogP contribution in [-0.2, 0) is 0 Å². The molecule has 0 unspecified atom stereocenters. The molecule has 0 aliphatic carbocycles. The number of hydrogen-bond donors (Lipinski definition) is 2. The zero-order chi connectivity index (χ0) is 23.3. The first-order valence-corrected chi connectivity index (χ1v) is 10.8. The number of anilines is 3. The van der Waals surface area contributed by atoms with E-state index in [2.05, 4.69) is 15.7 Å². The Kier molecular flexibility index (Phi) is 5.86. The van der Waals surface area contributed by atoms with Crippen LogP contribution in [0, 0.1) is 5.82 Å². The predicted molar refractivity (Wildman–Crippen MR) is 135 cm³/mol. The molecule has 4 aromatic carbocycles. The Morgan fingerprint density at radius 1 is 0.853 bits per heavy atom. The van der Waals surface area contributed by atoms with Crippen LogP contribution in [0.2, 0.25) is 0 Å². The quantitative estimate of drug-likeness (QED) is 0.300. The average Bonchev–Trinajstić information content (AvgIpc) is 3.29. The summed E-state index contributed by atoms with van der Waals surface area (Å²) < 4.78 is 16.2. The van der Waals surface area contributed by atoms with Crippen LogP contribution in [0.4, 0.5) is 21.5 Å². The van der Waals surface area contributed by atoms with Gasteiger partial charge in [-0.25, -0.2) is 9.07 Å². The van der Waals surface area contributed by atoms with Gasteiger partial charge < -0.3 is 10.6 Å². The molecule has 5 aromatic rings. The Morgan fingerprint density at radius 3 is 2.50 bits per heavy atom. The molecular formula is C28H21FN4O. The van der Waals surface area contributed by atoms with Crippen molar-refractivity contribution < 1.29 is 9.18 Å². The maximum atomic E-state index is 14.4. The van der Waals surface area contributed by atoms with Gasteiger partial charge in [0.1, 0.15) is 5.82 Å². The molecule has 0 spiro atoms. The lowest BCUT2D eigenvalue weighted by Crippen LogP contribution is -2.13. The molecule has 166 valence electrons. The molecule has 0 bridgehead atoms. The zero-order valence-electron chi connectivity index (χ0n) is 18.2. The van der Waals surface area contributed by atoms with Crippen LogP contribution >= 0.6 is 0 Å². The second kappa shape index (κ2) is 9.42. The molecule has 0 saturated carbocycles. The number of carbonyl (C=O) groups excluding carboxylic acids is 1. The molecular weight excluding hydrogens is 427 g/mol. The topological polar surface area (TPSA) is 59.0 Å². The summed E-state index contributed by atoms with van der Waals surface area (Å²) in [6, 6.07) is 29.0. The van der Waals surface area contributed by atoms with E-state index >= 15 is 0 Å². The first-order chi connectivity index (χ1) is 16.7. The fraction of sp³-hybridized carbons (Fsp3) is 0. The number of fused-ring (bicyclic) bond motifs is 1. The maximum Gasteiger partial charge on any atom is 0.255 e. The summed E-state index contributed by atoms with van der Waals surface area (Å²) in [5.74, 6) is -0.875. The van der Waals surface area contributed by atoms with Gasteiger partial charge in [0.15, 0.2) is 0 Å². The zero-order valence-corrected chi connectivity index (χ0v) is 18.2. The molecule has 2 N–H and O–H groups in total. The molecule has 1 aromatic heterocycles. The SMILES string of the molecule is O=C(Nc1cc(Nc2ccccc2/C=C/n2ncc3ccccc32)ccc1F)c1ccccc1. The Labute approximate surface area is 196 Å². The fourth-order valence-corrected chi connectivity index (χ4v) is 3.66. The molecule has 0 fully saturated rings. The highest BCUT2D eigenvalue weighted by Crippen LogP contribution is 2.26. The number of halogens is 1. The Bertz CT molecular complexity index is 1490. The third kappa shape index (κ3) is 4.56. The monoisotopic (exact) mass is 448 g/mol. The standard InChI is InChI=1S/C28H21FN4O/c29-24-15-14-23(18-26(24)32-28(34)21-9-2-1-3-10-21)31-25-12-6-4-8-20(25)16-17-33-27-13-7-5-11-22(27)19-30-33/h1-19,31H,(H,32,34)/b17-16+. The van der Waals surface area contributed by atoms with Crippen LogP contribution in [0.5, 0.6) is 0 Å². The maximum absolute atomic E-state index is 14.4. The van der Waals surface area contributed by atoms with Gasteiger partial charge in [0, 0.05) is 28.5 Å². The second-order valence-corrected chi connectivity index (χ2v) is 7.69. The van der Waals surface area contributed by atoms with Crippen molar-refractivity contribution in [1.82, 2.24) is 9.78 Å². The molecule has 6 heteroatoms. The fourth-order valence-electron chi connectivity index (χ4n) is 3.66. The summed E-state index contributed by atoms with van der Waals surface area (Å²) in [6.45, 7) is 0. The summed E-state index contributed by atoms with van der Waals surface area (Å²) >= 11 is 0. The minimum atomic E-state index is -0.506. The van der Waals surface area contributed by atoms with Crippen molar-refractivity contribution in [2.75, 3.05) is 10.6 Å². The number of para-hydroxylation sites is 2. The molecule has 0 atom stereocenters. The Balaban J connectivity index is 1.38. The molecule has 0 radical (unpaired) electrons. The van der Waals surface area contributed by atoms with Gasteiger partial charge in [-0.3, -0.25) is 4.79 Å². The van der Waals surface area contributed by atoms with E-state index in [1.165, 1.54) is 6.07 Å². The highest BCUT2D eigenvalue weighted by Gasteiger charge is 2.10. The number of benzene rings is 4. The third-order valence-corrected chi connectivity index (χ3v) is 5.39. The molecule has 5 nitrogen and oxygen atoms in total. The predicted octanol–water partition coefficient (Wildman–Crippen LogP) is 6.80. The number of amides is 1. The lowest BCUT2D eigenvalue weighted by atomic mass is 10.1. The normalized spacial score (nSPS) is 11.1. The number of hydrogen-bond acceptors (Lipinski definition) is 3. The van der Waals surface area contributed by atoms with Gasteiger partial charge in [-0.2, -0.15) is 5.10 Å². The third-order valence-electron chi connectivity index (χ3n) is 5.39. The van der Waals surface area contributed by atoms with E-state index in [-0.39, 0.29) is 11.6 Å². The van der Waals surface area contributed by atoms with Crippen molar-refractivity contribution in [2.24, 2.45) is 0 Å². The van der Waals surface area contributed by atoms with Gasteiger partial charge in [-0.15, -0.1) is 0 Å². The van der Waals surface area contributed by atoms with E-state index in [1.807, 2.05) is 77.8 Å². The number of nitrogens with zero attached hydrogens (tertiary/aromatic N) is 2. The van der Waals surface area contributed by atoms with Crippen molar-refractivity contribution in [3.8, 4) is 0 Å². The average molecular weight is 449 g/mol. The van der Waals surface area contributed by atoms with Crippen LogP contribution in [0.25, 0.3) is 23.2 Å². The van der Waals surface area contributed by atoms with E-state index in [1.54, 1.807) is 36.4 Å². The van der Waals surface area contributed by atoms with Crippen molar-refractivity contribution >= 4 is 46.1 Å². The van der Waals surface area contributed by atoms with Gasteiger partial charge in [-0.05, 0) is 54.1 Å². The number of rotatable bonds is 6. The first-order valence-electron chi connectivity index (χ1n) is 10.8. The van der Waals surface area contributed by atoms with Crippen LogP contribution in [0.3, 0.4) is 0 Å². The number of nitrogens with one attached hydrogen (secondary N) is 2. The smallest absolute Gasteiger partial charge is 0.255 e. The van der Waals surface area contributed by atoms with E-state index in [9.17, 15) is 9.18 Å². The summed E-state index contributed by atoms with van der Waals surface area (Å²) in [6.07, 6.45) is 5.69. The Hall–Kier alpha value is -4.71. The van der Waals surface area contributed by atoms with Crippen LogP contribution < -0.4 is 10.6 Å². The van der Waals surface area contributed by atoms with Gasteiger partial charge in [-0.1, -0.05) is 54.6 Å².